The largest absolute Gasteiger partial charge is 0.354 e. The highest BCUT2D eigenvalue weighted by Crippen LogP contribution is 2.10. The molecule has 2 amide bonds. The molecule has 5 nitrogen and oxygen atoms in total. The second kappa shape index (κ2) is 3.33. The van der Waals surface area contributed by atoms with Gasteiger partial charge in [0.05, 0.1) is 12.6 Å². The Morgan fingerprint density at radius 2 is 2.23 bits per heavy atom. The average molecular weight is 183 g/mol. The molecule has 0 aromatic rings. The van der Waals surface area contributed by atoms with E-state index >= 15 is 0 Å². The highest BCUT2D eigenvalue weighted by atomic mass is 16.2. The maximum atomic E-state index is 11.4. The summed E-state index contributed by atoms with van der Waals surface area (Å²) in [4.78, 5) is 24.2. The molecule has 0 aromatic heterocycles. The Kier molecular flexibility index (Phi) is 2.18. The molecule has 0 aliphatic carbocycles. The summed E-state index contributed by atoms with van der Waals surface area (Å²) in [7, 11) is 0. The first-order valence-corrected chi connectivity index (χ1v) is 4.54. The lowest BCUT2D eigenvalue weighted by molar-refractivity contribution is -0.134. The Bertz CT molecular complexity index is 242. The van der Waals surface area contributed by atoms with E-state index in [2.05, 4.69) is 10.6 Å². The van der Waals surface area contributed by atoms with Crippen LogP contribution in [0.15, 0.2) is 0 Å². The van der Waals surface area contributed by atoms with Gasteiger partial charge < -0.3 is 15.5 Å². The number of nitrogens with one attached hydrogen (secondary N) is 2. The van der Waals surface area contributed by atoms with Crippen molar-refractivity contribution in [2.45, 2.75) is 12.5 Å². The minimum absolute atomic E-state index is 0.0522. The smallest absolute Gasteiger partial charge is 0.236 e. The van der Waals surface area contributed by atoms with Gasteiger partial charge in [-0.25, -0.2) is 0 Å². The van der Waals surface area contributed by atoms with Crippen molar-refractivity contribution in [1.29, 1.82) is 0 Å². The van der Waals surface area contributed by atoms with E-state index in [0.29, 0.717) is 19.5 Å². The minimum atomic E-state index is 0.0522. The molecule has 0 saturated carbocycles. The molecule has 2 N–H and O–H groups in total. The van der Waals surface area contributed by atoms with Crippen molar-refractivity contribution in [3.05, 3.63) is 0 Å². The fourth-order valence-corrected chi connectivity index (χ4v) is 1.82. The van der Waals surface area contributed by atoms with Gasteiger partial charge in [-0.15, -0.1) is 0 Å². The van der Waals surface area contributed by atoms with Gasteiger partial charge in [-0.05, 0) is 0 Å². The highest BCUT2D eigenvalue weighted by Gasteiger charge is 2.31. The predicted molar refractivity (Wildman–Crippen MR) is 46.0 cm³/mol. The van der Waals surface area contributed by atoms with Crippen LogP contribution in [0.1, 0.15) is 6.42 Å². The van der Waals surface area contributed by atoms with Crippen LogP contribution in [0.25, 0.3) is 0 Å². The third kappa shape index (κ3) is 1.65. The van der Waals surface area contributed by atoms with Crippen molar-refractivity contribution in [2.75, 3.05) is 26.2 Å². The molecule has 0 aromatic carbocycles. The number of piperazine rings is 1. The SMILES string of the molecule is O=C1C[C@H](N2CCNCC2=O)CN1. The molecule has 1 atom stereocenters. The predicted octanol–water partition coefficient (Wildman–Crippen LogP) is -1.69. The van der Waals surface area contributed by atoms with Gasteiger partial charge in [-0.2, -0.15) is 0 Å². The number of carbonyl (C=O) groups is 2. The van der Waals surface area contributed by atoms with Crippen molar-refractivity contribution < 1.29 is 9.59 Å². The lowest BCUT2D eigenvalue weighted by atomic mass is 10.2. The molecule has 2 aliphatic rings. The van der Waals surface area contributed by atoms with E-state index in [-0.39, 0.29) is 17.9 Å². The van der Waals surface area contributed by atoms with E-state index in [4.69, 9.17) is 0 Å². The molecule has 2 heterocycles. The first-order valence-electron chi connectivity index (χ1n) is 4.54. The standard InChI is InChI=1S/C8H13N3O2/c12-7-3-6(4-10-7)11-2-1-9-5-8(11)13/h6,9H,1-5H2,(H,10,12)/t6-/m0/s1. The zero-order chi connectivity index (χ0) is 9.26. The van der Waals surface area contributed by atoms with Gasteiger partial charge in [0.15, 0.2) is 0 Å². The van der Waals surface area contributed by atoms with E-state index in [1.165, 1.54) is 0 Å². The van der Waals surface area contributed by atoms with Crippen LogP contribution >= 0.6 is 0 Å². The van der Waals surface area contributed by atoms with Gasteiger partial charge in [0.2, 0.25) is 11.8 Å². The number of hydrogen-bond acceptors (Lipinski definition) is 3. The minimum Gasteiger partial charge on any atom is -0.354 e. The Hall–Kier alpha value is -1.10. The van der Waals surface area contributed by atoms with Gasteiger partial charge in [-0.3, -0.25) is 9.59 Å². The fourth-order valence-electron chi connectivity index (χ4n) is 1.82. The van der Waals surface area contributed by atoms with Crippen LogP contribution in [0.5, 0.6) is 0 Å². The number of nitrogens with zero attached hydrogens (tertiary/aromatic N) is 1. The van der Waals surface area contributed by atoms with Crippen LogP contribution in [0.3, 0.4) is 0 Å². The van der Waals surface area contributed by atoms with E-state index in [0.717, 1.165) is 13.1 Å². The van der Waals surface area contributed by atoms with Crippen LogP contribution in [0.2, 0.25) is 0 Å². The highest BCUT2D eigenvalue weighted by molar-refractivity contribution is 5.83. The number of rotatable bonds is 1. The first-order chi connectivity index (χ1) is 6.27. The van der Waals surface area contributed by atoms with E-state index < -0.39 is 0 Å². The molecule has 0 radical (unpaired) electrons. The number of carbonyl (C=O) groups excluding carboxylic acids is 2. The van der Waals surface area contributed by atoms with Gasteiger partial charge in [0, 0.05) is 26.1 Å². The molecule has 2 fully saturated rings. The van der Waals surface area contributed by atoms with Gasteiger partial charge in [0.25, 0.3) is 0 Å². The van der Waals surface area contributed by atoms with Crippen molar-refractivity contribution in [2.24, 2.45) is 0 Å². The number of hydrogen-bond donors (Lipinski definition) is 2. The summed E-state index contributed by atoms with van der Waals surface area (Å²) in [5.74, 6) is 0.157. The van der Waals surface area contributed by atoms with E-state index in [1.807, 2.05) is 0 Å². The summed E-state index contributed by atoms with van der Waals surface area (Å²) in [6, 6.07) is 0.0853. The van der Waals surface area contributed by atoms with Gasteiger partial charge in [-0.1, -0.05) is 0 Å². The molecule has 0 bridgehead atoms. The van der Waals surface area contributed by atoms with Crippen molar-refractivity contribution in [3.8, 4) is 0 Å². The Labute approximate surface area is 76.5 Å². The maximum absolute atomic E-state index is 11.4. The van der Waals surface area contributed by atoms with Gasteiger partial charge in [0.1, 0.15) is 0 Å². The second-order valence-corrected chi connectivity index (χ2v) is 3.43. The zero-order valence-corrected chi connectivity index (χ0v) is 7.38. The summed E-state index contributed by atoms with van der Waals surface area (Å²) >= 11 is 0. The maximum Gasteiger partial charge on any atom is 0.236 e. The third-order valence-corrected chi connectivity index (χ3v) is 2.52. The van der Waals surface area contributed by atoms with Crippen LogP contribution in [-0.2, 0) is 9.59 Å². The van der Waals surface area contributed by atoms with Crippen molar-refractivity contribution in [3.63, 3.8) is 0 Å². The Morgan fingerprint density at radius 1 is 1.38 bits per heavy atom. The Balaban J connectivity index is 1.98. The lowest BCUT2D eigenvalue weighted by Crippen LogP contribution is -2.52. The van der Waals surface area contributed by atoms with Crippen LogP contribution in [0.4, 0.5) is 0 Å². The molecule has 2 saturated heterocycles. The topological polar surface area (TPSA) is 61.4 Å². The van der Waals surface area contributed by atoms with E-state index in [9.17, 15) is 9.59 Å². The van der Waals surface area contributed by atoms with Crippen LogP contribution in [-0.4, -0.2) is 48.9 Å². The fraction of sp³-hybridized carbons (Fsp3) is 0.750. The monoisotopic (exact) mass is 183 g/mol. The molecule has 2 rings (SSSR count). The first kappa shape index (κ1) is 8.50. The summed E-state index contributed by atoms with van der Waals surface area (Å²) in [6.07, 6.45) is 0.464. The molecule has 0 unspecified atom stereocenters. The third-order valence-electron chi connectivity index (χ3n) is 2.52. The van der Waals surface area contributed by atoms with Crippen LogP contribution in [0, 0.1) is 0 Å². The average Bonchev–Trinajstić information content (AvgIpc) is 2.53. The summed E-state index contributed by atoms with van der Waals surface area (Å²) in [5, 5.41) is 5.74. The molecule has 5 heteroatoms. The molecular weight excluding hydrogens is 170 g/mol. The van der Waals surface area contributed by atoms with Crippen molar-refractivity contribution in [1.82, 2.24) is 15.5 Å². The normalized spacial score (nSPS) is 29.2. The summed E-state index contributed by atoms with van der Waals surface area (Å²) in [6.45, 7) is 2.57. The van der Waals surface area contributed by atoms with Crippen LogP contribution < -0.4 is 10.6 Å². The molecular formula is C8H13N3O2. The summed E-state index contributed by atoms with van der Waals surface area (Å²) < 4.78 is 0. The molecule has 0 spiro atoms. The lowest BCUT2D eigenvalue weighted by Gasteiger charge is -2.31. The van der Waals surface area contributed by atoms with Crippen molar-refractivity contribution >= 4 is 11.8 Å². The molecule has 2 aliphatic heterocycles. The summed E-state index contributed by atoms with van der Waals surface area (Å²) in [5.41, 5.74) is 0. The molecule has 13 heavy (non-hydrogen) atoms. The Morgan fingerprint density at radius 3 is 2.85 bits per heavy atom. The zero-order valence-electron chi connectivity index (χ0n) is 7.38. The quantitative estimate of drug-likeness (QED) is 0.510. The second-order valence-electron chi connectivity index (χ2n) is 3.43. The number of amides is 2. The van der Waals surface area contributed by atoms with Gasteiger partial charge >= 0.3 is 0 Å². The van der Waals surface area contributed by atoms with E-state index in [1.54, 1.807) is 4.90 Å². The molecule has 72 valence electrons.